The monoisotopic (exact) mass is 415 g/mol. The number of carbonyl (C=O) groups excluding carboxylic acids is 2. The number of aromatic nitrogens is 1. The zero-order valence-corrected chi connectivity index (χ0v) is 18.1. The SMILES string of the molecule is Cn1cc(F)c2cc(CNC(=O)C3C[C@H]4CC[C@@H](C3)N4C(=O)OC(C)(C)C)ccc21. The Kier molecular flexibility index (Phi) is 5.24. The molecule has 0 spiro atoms. The second-order valence-electron chi connectivity index (χ2n) is 9.60. The molecule has 162 valence electrons. The Labute approximate surface area is 176 Å². The number of fused-ring (bicyclic) bond motifs is 3. The van der Waals surface area contributed by atoms with E-state index >= 15 is 0 Å². The van der Waals surface area contributed by atoms with Crippen LogP contribution in [0.25, 0.3) is 10.9 Å². The number of piperidine rings is 1. The molecular weight excluding hydrogens is 385 g/mol. The highest BCUT2D eigenvalue weighted by Crippen LogP contribution is 2.39. The van der Waals surface area contributed by atoms with Gasteiger partial charge in [-0.15, -0.1) is 0 Å². The fourth-order valence-corrected chi connectivity index (χ4v) is 4.84. The van der Waals surface area contributed by atoms with Crippen molar-refractivity contribution in [3.8, 4) is 0 Å². The van der Waals surface area contributed by atoms with Crippen LogP contribution in [0.3, 0.4) is 0 Å². The number of nitrogens with one attached hydrogen (secondary N) is 1. The number of hydrogen-bond acceptors (Lipinski definition) is 3. The van der Waals surface area contributed by atoms with E-state index in [1.54, 1.807) is 10.6 Å². The number of hydrogen-bond donors (Lipinski definition) is 1. The van der Waals surface area contributed by atoms with Gasteiger partial charge in [0.1, 0.15) is 11.4 Å². The number of benzene rings is 1. The van der Waals surface area contributed by atoms with E-state index in [4.69, 9.17) is 4.74 Å². The summed E-state index contributed by atoms with van der Waals surface area (Å²) in [6.07, 6.45) is 4.34. The first kappa shape index (κ1) is 20.7. The van der Waals surface area contributed by atoms with Gasteiger partial charge in [-0.3, -0.25) is 4.79 Å². The molecule has 4 rings (SSSR count). The van der Waals surface area contributed by atoms with Gasteiger partial charge in [-0.1, -0.05) is 6.07 Å². The normalized spacial score (nSPS) is 23.6. The van der Waals surface area contributed by atoms with Crippen LogP contribution in [-0.2, 0) is 23.1 Å². The quantitative estimate of drug-likeness (QED) is 0.821. The third-order valence-corrected chi connectivity index (χ3v) is 6.18. The van der Waals surface area contributed by atoms with Crippen LogP contribution < -0.4 is 5.32 Å². The Bertz CT molecular complexity index is 964. The lowest BCUT2D eigenvalue weighted by atomic mass is 9.90. The third kappa shape index (κ3) is 4.02. The van der Waals surface area contributed by atoms with Gasteiger partial charge in [0.2, 0.25) is 5.91 Å². The van der Waals surface area contributed by atoms with Gasteiger partial charge >= 0.3 is 6.09 Å². The summed E-state index contributed by atoms with van der Waals surface area (Å²) in [6, 6.07) is 5.70. The first-order valence-electron chi connectivity index (χ1n) is 10.6. The summed E-state index contributed by atoms with van der Waals surface area (Å²) in [5, 5.41) is 3.57. The van der Waals surface area contributed by atoms with Gasteiger partial charge in [0.15, 0.2) is 0 Å². The molecule has 0 radical (unpaired) electrons. The fraction of sp³-hybridized carbons (Fsp3) is 0.565. The molecule has 2 aliphatic rings. The maximum absolute atomic E-state index is 14.0. The summed E-state index contributed by atoms with van der Waals surface area (Å²) in [5.74, 6) is -0.366. The van der Waals surface area contributed by atoms with E-state index in [0.29, 0.717) is 24.8 Å². The topological polar surface area (TPSA) is 63.6 Å². The average Bonchev–Trinajstić information content (AvgIpc) is 3.10. The van der Waals surface area contributed by atoms with E-state index in [1.807, 2.05) is 44.9 Å². The summed E-state index contributed by atoms with van der Waals surface area (Å²) >= 11 is 0. The van der Waals surface area contributed by atoms with Gasteiger partial charge in [-0.25, -0.2) is 9.18 Å². The fourth-order valence-electron chi connectivity index (χ4n) is 4.84. The molecule has 1 N–H and O–H groups in total. The van der Waals surface area contributed by atoms with Gasteiger partial charge in [0.25, 0.3) is 0 Å². The minimum Gasteiger partial charge on any atom is -0.444 e. The molecule has 0 aliphatic carbocycles. The average molecular weight is 416 g/mol. The van der Waals surface area contributed by atoms with Gasteiger partial charge in [0, 0.05) is 43.2 Å². The van der Waals surface area contributed by atoms with Crippen LogP contribution in [0.5, 0.6) is 0 Å². The molecule has 3 atom stereocenters. The Hall–Kier alpha value is -2.57. The van der Waals surface area contributed by atoms with Crippen molar-refractivity contribution in [3.63, 3.8) is 0 Å². The first-order valence-corrected chi connectivity index (χ1v) is 10.6. The lowest BCUT2D eigenvalue weighted by molar-refractivity contribution is -0.127. The highest BCUT2D eigenvalue weighted by molar-refractivity contribution is 5.82. The largest absolute Gasteiger partial charge is 0.444 e. The van der Waals surface area contributed by atoms with Gasteiger partial charge in [0.05, 0.1) is 5.52 Å². The molecule has 6 nitrogen and oxygen atoms in total. The Morgan fingerprint density at radius 3 is 2.50 bits per heavy atom. The van der Waals surface area contributed by atoms with E-state index in [-0.39, 0.29) is 35.8 Å². The van der Waals surface area contributed by atoms with Crippen molar-refractivity contribution < 1.29 is 18.7 Å². The zero-order chi connectivity index (χ0) is 21.6. The number of ether oxygens (including phenoxy) is 1. The van der Waals surface area contributed by atoms with Crippen molar-refractivity contribution in [2.75, 3.05) is 0 Å². The van der Waals surface area contributed by atoms with Gasteiger partial charge in [-0.2, -0.15) is 0 Å². The summed E-state index contributed by atoms with van der Waals surface area (Å²) in [7, 11) is 1.81. The van der Waals surface area contributed by atoms with E-state index in [0.717, 1.165) is 23.9 Å². The molecule has 7 heteroatoms. The van der Waals surface area contributed by atoms with Crippen LogP contribution in [0.15, 0.2) is 24.4 Å². The van der Waals surface area contributed by atoms with Gasteiger partial charge in [-0.05, 0) is 64.2 Å². The van der Waals surface area contributed by atoms with Crippen LogP contribution in [0.2, 0.25) is 0 Å². The molecule has 2 aliphatic heterocycles. The molecule has 2 fully saturated rings. The minimum atomic E-state index is -0.524. The molecule has 1 aromatic heterocycles. The highest BCUT2D eigenvalue weighted by Gasteiger charge is 2.46. The number of carbonyl (C=O) groups is 2. The molecule has 30 heavy (non-hydrogen) atoms. The van der Waals surface area contributed by atoms with Crippen molar-refractivity contribution in [2.45, 2.75) is 70.7 Å². The van der Waals surface area contributed by atoms with Crippen molar-refractivity contribution in [1.29, 1.82) is 0 Å². The van der Waals surface area contributed by atoms with Crippen molar-refractivity contribution in [2.24, 2.45) is 13.0 Å². The smallest absolute Gasteiger partial charge is 0.410 e. The predicted molar refractivity (Wildman–Crippen MR) is 112 cm³/mol. The molecule has 0 saturated carbocycles. The Morgan fingerprint density at radius 1 is 1.20 bits per heavy atom. The molecule has 2 aromatic rings. The summed E-state index contributed by atoms with van der Waals surface area (Å²) in [6.45, 7) is 5.97. The molecule has 1 aromatic carbocycles. The van der Waals surface area contributed by atoms with Crippen LogP contribution in [0, 0.1) is 11.7 Å². The van der Waals surface area contributed by atoms with Crippen LogP contribution in [-0.4, -0.2) is 39.2 Å². The first-order chi connectivity index (χ1) is 14.1. The van der Waals surface area contributed by atoms with Crippen LogP contribution in [0.1, 0.15) is 52.0 Å². The van der Waals surface area contributed by atoms with Crippen molar-refractivity contribution >= 4 is 22.9 Å². The predicted octanol–water partition coefficient (Wildman–Crippen LogP) is 4.11. The lowest BCUT2D eigenvalue weighted by Crippen LogP contribution is -2.50. The molecule has 3 heterocycles. The number of aryl methyl sites for hydroxylation is 1. The molecule has 1 unspecified atom stereocenters. The lowest BCUT2D eigenvalue weighted by Gasteiger charge is -2.39. The number of halogens is 1. The van der Waals surface area contributed by atoms with E-state index < -0.39 is 5.60 Å². The summed E-state index contributed by atoms with van der Waals surface area (Å²) in [5.41, 5.74) is 1.17. The zero-order valence-electron chi connectivity index (χ0n) is 18.1. The van der Waals surface area contributed by atoms with Crippen LogP contribution in [0.4, 0.5) is 9.18 Å². The van der Waals surface area contributed by atoms with E-state index in [9.17, 15) is 14.0 Å². The highest BCUT2D eigenvalue weighted by atomic mass is 19.1. The summed E-state index contributed by atoms with van der Waals surface area (Å²) in [4.78, 5) is 27.2. The second-order valence-corrected chi connectivity index (χ2v) is 9.60. The van der Waals surface area contributed by atoms with Crippen LogP contribution >= 0.6 is 0 Å². The second kappa shape index (κ2) is 7.60. The number of amides is 2. The molecular formula is C23H30FN3O3. The van der Waals surface area contributed by atoms with Crippen molar-refractivity contribution in [3.05, 3.63) is 35.8 Å². The third-order valence-electron chi connectivity index (χ3n) is 6.18. The van der Waals surface area contributed by atoms with E-state index in [2.05, 4.69) is 5.32 Å². The van der Waals surface area contributed by atoms with Crippen molar-refractivity contribution in [1.82, 2.24) is 14.8 Å². The van der Waals surface area contributed by atoms with E-state index in [1.165, 1.54) is 6.20 Å². The molecule has 2 amide bonds. The molecule has 2 saturated heterocycles. The maximum atomic E-state index is 14.0. The van der Waals surface area contributed by atoms with Gasteiger partial charge < -0.3 is 19.5 Å². The minimum absolute atomic E-state index is 0.00405. The Morgan fingerprint density at radius 2 is 1.87 bits per heavy atom. The maximum Gasteiger partial charge on any atom is 0.410 e. The number of rotatable bonds is 3. The Balaban J connectivity index is 1.37. The molecule has 2 bridgehead atoms. The number of nitrogens with zero attached hydrogens (tertiary/aromatic N) is 2. The standard InChI is InChI=1S/C23H30FN3O3/c1-23(2,3)30-22(29)27-16-6-7-17(27)11-15(10-16)21(28)25-12-14-5-8-20-18(9-14)19(24)13-26(20)4/h5,8-9,13,15-17H,6-7,10-12H2,1-4H3,(H,25,28)/t15?,16-,17+. The summed E-state index contributed by atoms with van der Waals surface area (Å²) < 4.78 is 21.3.